The Labute approximate surface area is 96.2 Å². The summed E-state index contributed by atoms with van der Waals surface area (Å²) in [7, 11) is 1.32. The average Bonchev–Trinajstić information content (AvgIpc) is 2.16. The number of carbonyl (C=O) groups is 2. The molecule has 0 amide bonds. The molecule has 0 saturated heterocycles. The third-order valence-electron chi connectivity index (χ3n) is 2.46. The van der Waals surface area contributed by atoms with Crippen LogP contribution in [0.4, 0.5) is 0 Å². The molecule has 0 aromatic carbocycles. The van der Waals surface area contributed by atoms with Gasteiger partial charge in [-0.15, -0.1) is 0 Å². The van der Waals surface area contributed by atoms with Crippen LogP contribution in [0.2, 0.25) is 0 Å². The van der Waals surface area contributed by atoms with Gasteiger partial charge < -0.3 is 15.2 Å². The second kappa shape index (κ2) is 5.84. The van der Waals surface area contributed by atoms with Crippen LogP contribution in [0, 0.1) is 11.3 Å². The quantitative estimate of drug-likeness (QED) is 0.664. The van der Waals surface area contributed by atoms with Gasteiger partial charge in [0, 0.05) is 6.54 Å². The molecule has 94 valence electrons. The molecular formula is C11H21NO4. The number of hydrogen-bond donors (Lipinski definition) is 2. The maximum absolute atomic E-state index is 11.4. The van der Waals surface area contributed by atoms with Crippen molar-refractivity contribution in [2.24, 2.45) is 11.3 Å². The van der Waals surface area contributed by atoms with E-state index >= 15 is 0 Å². The van der Waals surface area contributed by atoms with Crippen molar-refractivity contribution in [2.75, 3.05) is 13.7 Å². The molecule has 0 radical (unpaired) electrons. The molecule has 0 aromatic heterocycles. The Kier molecular flexibility index (Phi) is 5.44. The summed E-state index contributed by atoms with van der Waals surface area (Å²) in [5.74, 6) is -1.21. The molecule has 2 N–H and O–H groups in total. The lowest BCUT2D eigenvalue weighted by Gasteiger charge is -2.25. The van der Waals surface area contributed by atoms with E-state index in [0.29, 0.717) is 0 Å². The van der Waals surface area contributed by atoms with Crippen LogP contribution in [0.15, 0.2) is 0 Å². The van der Waals surface area contributed by atoms with Gasteiger partial charge in [0.1, 0.15) is 6.04 Å². The first-order valence-corrected chi connectivity index (χ1v) is 5.27. The number of carbonyl (C=O) groups excluding carboxylic acids is 1. The highest BCUT2D eigenvalue weighted by molar-refractivity contribution is 5.76. The van der Waals surface area contributed by atoms with Crippen LogP contribution >= 0.6 is 0 Å². The fourth-order valence-electron chi connectivity index (χ4n) is 1.16. The minimum atomic E-state index is -0.902. The summed E-state index contributed by atoms with van der Waals surface area (Å²) in [4.78, 5) is 22.3. The third-order valence-corrected chi connectivity index (χ3v) is 2.46. The molecule has 0 aliphatic heterocycles. The Morgan fingerprint density at radius 1 is 1.38 bits per heavy atom. The van der Waals surface area contributed by atoms with E-state index in [0.717, 1.165) is 0 Å². The fraction of sp³-hybridized carbons (Fsp3) is 0.818. The van der Waals surface area contributed by atoms with Gasteiger partial charge in [-0.25, -0.2) is 0 Å². The number of methoxy groups -OCH3 is 1. The van der Waals surface area contributed by atoms with E-state index in [1.54, 1.807) is 13.8 Å². The molecular weight excluding hydrogens is 210 g/mol. The highest BCUT2D eigenvalue weighted by Crippen LogP contribution is 2.15. The van der Waals surface area contributed by atoms with E-state index in [-0.39, 0.29) is 18.4 Å². The van der Waals surface area contributed by atoms with Gasteiger partial charge in [0.25, 0.3) is 0 Å². The maximum atomic E-state index is 11.4. The third kappa shape index (κ3) is 4.18. The van der Waals surface area contributed by atoms with Crippen LogP contribution in [0.1, 0.15) is 27.7 Å². The maximum Gasteiger partial charge on any atom is 0.323 e. The molecule has 0 rings (SSSR count). The number of carboxylic acid groups (broad SMARTS) is 1. The Hall–Kier alpha value is -1.10. The molecule has 0 aliphatic carbocycles. The highest BCUT2D eigenvalue weighted by Gasteiger charge is 2.30. The largest absolute Gasteiger partial charge is 0.481 e. The number of nitrogens with one attached hydrogen (secondary N) is 1. The SMILES string of the molecule is COC(=O)C(NCC(C)(C)C(=O)O)C(C)C. The topological polar surface area (TPSA) is 75.6 Å². The lowest BCUT2D eigenvalue weighted by Crippen LogP contribution is -2.47. The molecule has 0 saturated carbocycles. The number of esters is 1. The first kappa shape index (κ1) is 14.9. The fourth-order valence-corrected chi connectivity index (χ4v) is 1.16. The van der Waals surface area contributed by atoms with Gasteiger partial charge >= 0.3 is 11.9 Å². The molecule has 5 heteroatoms. The summed E-state index contributed by atoms with van der Waals surface area (Å²) in [6, 6.07) is -0.469. The predicted molar refractivity (Wildman–Crippen MR) is 60.1 cm³/mol. The molecule has 0 heterocycles. The van der Waals surface area contributed by atoms with Crippen molar-refractivity contribution in [1.29, 1.82) is 0 Å². The summed E-state index contributed by atoms with van der Waals surface area (Å²) >= 11 is 0. The van der Waals surface area contributed by atoms with E-state index in [1.807, 2.05) is 13.8 Å². The summed E-state index contributed by atoms with van der Waals surface area (Å²) < 4.78 is 4.65. The molecule has 1 atom stereocenters. The molecule has 0 aliphatic rings. The molecule has 5 nitrogen and oxygen atoms in total. The van der Waals surface area contributed by atoms with E-state index in [1.165, 1.54) is 7.11 Å². The lowest BCUT2D eigenvalue weighted by atomic mass is 9.92. The zero-order chi connectivity index (χ0) is 12.9. The summed E-state index contributed by atoms with van der Waals surface area (Å²) in [5.41, 5.74) is -0.902. The zero-order valence-electron chi connectivity index (χ0n) is 10.5. The van der Waals surface area contributed by atoms with E-state index in [4.69, 9.17) is 5.11 Å². The minimum Gasteiger partial charge on any atom is -0.481 e. The van der Waals surface area contributed by atoms with Crippen molar-refractivity contribution in [3.8, 4) is 0 Å². The van der Waals surface area contributed by atoms with Crippen LogP contribution < -0.4 is 5.32 Å². The van der Waals surface area contributed by atoms with Gasteiger partial charge in [-0.2, -0.15) is 0 Å². The standard InChI is InChI=1S/C11H21NO4/c1-7(2)8(9(13)16-5)12-6-11(3,4)10(14)15/h7-8,12H,6H2,1-5H3,(H,14,15). The molecule has 16 heavy (non-hydrogen) atoms. The first-order chi connectivity index (χ1) is 7.22. The van der Waals surface area contributed by atoms with Gasteiger partial charge in [0.2, 0.25) is 0 Å². The van der Waals surface area contributed by atoms with Crippen LogP contribution in [0.5, 0.6) is 0 Å². The first-order valence-electron chi connectivity index (χ1n) is 5.27. The number of carboxylic acids is 1. The van der Waals surface area contributed by atoms with Gasteiger partial charge in [0.15, 0.2) is 0 Å². The number of hydrogen-bond acceptors (Lipinski definition) is 4. The van der Waals surface area contributed by atoms with Gasteiger partial charge in [-0.1, -0.05) is 13.8 Å². The number of aliphatic carboxylic acids is 1. The second-order valence-corrected chi connectivity index (χ2v) is 4.81. The minimum absolute atomic E-state index is 0.0528. The van der Waals surface area contributed by atoms with Crippen molar-refractivity contribution in [3.05, 3.63) is 0 Å². The molecule has 0 bridgehead atoms. The average molecular weight is 231 g/mol. The summed E-state index contributed by atoms with van der Waals surface area (Å²) in [5, 5.41) is 11.9. The Balaban J connectivity index is 4.45. The molecule has 1 unspecified atom stereocenters. The van der Waals surface area contributed by atoms with Crippen LogP contribution in [-0.2, 0) is 14.3 Å². The van der Waals surface area contributed by atoms with Crippen LogP contribution in [0.3, 0.4) is 0 Å². The van der Waals surface area contributed by atoms with E-state index < -0.39 is 17.4 Å². The van der Waals surface area contributed by atoms with E-state index in [9.17, 15) is 9.59 Å². The van der Waals surface area contributed by atoms with Crippen molar-refractivity contribution >= 4 is 11.9 Å². The molecule has 0 spiro atoms. The zero-order valence-corrected chi connectivity index (χ0v) is 10.5. The second-order valence-electron chi connectivity index (χ2n) is 4.81. The normalized spacial score (nSPS) is 13.6. The monoisotopic (exact) mass is 231 g/mol. The van der Waals surface area contributed by atoms with Gasteiger partial charge in [-0.3, -0.25) is 9.59 Å². The molecule has 0 fully saturated rings. The number of ether oxygens (including phenoxy) is 1. The van der Waals surface area contributed by atoms with Crippen molar-refractivity contribution in [1.82, 2.24) is 5.32 Å². The van der Waals surface area contributed by atoms with Crippen LogP contribution in [0.25, 0.3) is 0 Å². The smallest absolute Gasteiger partial charge is 0.323 e. The Bertz CT molecular complexity index is 261. The molecule has 0 aromatic rings. The lowest BCUT2D eigenvalue weighted by molar-refractivity contribution is -0.149. The Morgan fingerprint density at radius 2 is 1.88 bits per heavy atom. The van der Waals surface area contributed by atoms with Crippen molar-refractivity contribution in [3.63, 3.8) is 0 Å². The highest BCUT2D eigenvalue weighted by atomic mass is 16.5. The predicted octanol–water partition coefficient (Wildman–Crippen LogP) is 0.884. The van der Waals surface area contributed by atoms with Crippen LogP contribution in [-0.4, -0.2) is 36.7 Å². The Morgan fingerprint density at radius 3 is 2.19 bits per heavy atom. The summed E-state index contributed by atoms with van der Waals surface area (Å²) in [6.07, 6.45) is 0. The van der Waals surface area contributed by atoms with Crippen molar-refractivity contribution < 1.29 is 19.4 Å². The van der Waals surface area contributed by atoms with Gasteiger partial charge in [0.05, 0.1) is 12.5 Å². The van der Waals surface area contributed by atoms with Crippen molar-refractivity contribution in [2.45, 2.75) is 33.7 Å². The van der Waals surface area contributed by atoms with E-state index in [2.05, 4.69) is 10.1 Å². The number of rotatable bonds is 6. The summed E-state index contributed by atoms with van der Waals surface area (Å²) in [6.45, 7) is 7.19. The van der Waals surface area contributed by atoms with Gasteiger partial charge in [-0.05, 0) is 19.8 Å².